The smallest absolute Gasteiger partial charge is 0.309 e. The summed E-state index contributed by atoms with van der Waals surface area (Å²) in [5.74, 6) is -0.689. The molecular formula is C21H37FO2Si3. The zero-order valence-electron chi connectivity index (χ0n) is 18.7. The summed E-state index contributed by atoms with van der Waals surface area (Å²) in [6, 6.07) is 10.1. The lowest BCUT2D eigenvalue weighted by Crippen LogP contribution is -2.74. The summed E-state index contributed by atoms with van der Waals surface area (Å²) in [6.45, 7) is 19.6. The van der Waals surface area contributed by atoms with Crippen LogP contribution in [0.15, 0.2) is 30.3 Å². The summed E-state index contributed by atoms with van der Waals surface area (Å²) < 4.78 is 23.1. The van der Waals surface area contributed by atoms with Crippen LogP contribution in [-0.4, -0.2) is 35.7 Å². The van der Waals surface area contributed by atoms with Gasteiger partial charge in [0.05, 0.1) is 28.2 Å². The molecule has 3 atom stereocenters. The Morgan fingerprint density at radius 3 is 1.78 bits per heavy atom. The molecule has 0 aliphatic heterocycles. The minimum absolute atomic E-state index is 0.0822. The van der Waals surface area contributed by atoms with E-state index in [0.29, 0.717) is 0 Å². The Bertz CT molecular complexity index is 687. The highest BCUT2D eigenvalue weighted by atomic mass is 29.7. The average molecular weight is 425 g/mol. The molecule has 0 heterocycles. The van der Waals surface area contributed by atoms with Crippen LogP contribution >= 0.6 is 0 Å². The second-order valence-corrected chi connectivity index (χ2v) is 36.9. The largest absolute Gasteiger partial charge is 0.469 e. The number of carbonyl (C=O) groups excluding carboxylic acids is 1. The molecule has 1 saturated carbocycles. The molecule has 1 fully saturated rings. The summed E-state index contributed by atoms with van der Waals surface area (Å²) in [5.41, 5.74) is 0.780. The Morgan fingerprint density at radius 2 is 1.44 bits per heavy atom. The fourth-order valence-electron chi connectivity index (χ4n) is 6.20. The number of hydrogen-bond donors (Lipinski definition) is 0. The van der Waals surface area contributed by atoms with Gasteiger partial charge in [0.15, 0.2) is 0 Å². The van der Waals surface area contributed by atoms with Crippen LogP contribution in [0.2, 0.25) is 44.3 Å². The highest BCUT2D eigenvalue weighted by molar-refractivity contribution is 7.67. The molecule has 1 aliphatic carbocycles. The third kappa shape index (κ3) is 3.02. The van der Waals surface area contributed by atoms with Crippen molar-refractivity contribution in [2.75, 3.05) is 7.11 Å². The lowest BCUT2D eigenvalue weighted by Gasteiger charge is -2.54. The normalized spacial score (nSPS) is 26.6. The Kier molecular flexibility index (Phi) is 5.57. The summed E-state index contributed by atoms with van der Waals surface area (Å²) in [5, 5.41) is -0.608. The predicted molar refractivity (Wildman–Crippen MR) is 120 cm³/mol. The van der Waals surface area contributed by atoms with E-state index in [1.807, 2.05) is 18.2 Å². The summed E-state index contributed by atoms with van der Waals surface area (Å²) in [4.78, 5) is 13.0. The van der Waals surface area contributed by atoms with Gasteiger partial charge in [-0.3, -0.25) is 4.79 Å². The SMILES string of the molecule is COC(=O)[C@H]1[C@H](c2ccccc2)[C@@]1(C(C)(C)C)[Si](F)([Si](C)(C)C)[Si](C)(C)C. The van der Waals surface area contributed by atoms with Crippen LogP contribution < -0.4 is 0 Å². The number of esters is 1. The van der Waals surface area contributed by atoms with E-state index in [2.05, 4.69) is 72.2 Å². The van der Waals surface area contributed by atoms with Crippen molar-refractivity contribution in [1.82, 2.24) is 0 Å². The highest BCUT2D eigenvalue weighted by Gasteiger charge is 2.87. The molecule has 0 saturated heterocycles. The van der Waals surface area contributed by atoms with Gasteiger partial charge >= 0.3 is 5.97 Å². The van der Waals surface area contributed by atoms with Crippen LogP contribution in [0.3, 0.4) is 0 Å². The minimum Gasteiger partial charge on any atom is -0.469 e. The van der Waals surface area contributed by atoms with Crippen LogP contribution in [-0.2, 0) is 9.53 Å². The topological polar surface area (TPSA) is 26.3 Å². The van der Waals surface area contributed by atoms with E-state index in [0.717, 1.165) is 5.56 Å². The van der Waals surface area contributed by atoms with Crippen molar-refractivity contribution in [1.29, 1.82) is 0 Å². The van der Waals surface area contributed by atoms with Gasteiger partial charge in [-0.1, -0.05) is 90.4 Å². The number of ether oxygens (including phenoxy) is 1. The molecule has 1 aliphatic rings. The van der Waals surface area contributed by atoms with Gasteiger partial charge in [0, 0.05) is 11.0 Å². The summed E-state index contributed by atoms with van der Waals surface area (Å²) >= 11 is 0. The van der Waals surface area contributed by atoms with Crippen molar-refractivity contribution < 1.29 is 13.6 Å². The first-order chi connectivity index (χ1) is 12.1. The molecule has 0 unspecified atom stereocenters. The Morgan fingerprint density at radius 1 is 1.00 bits per heavy atom. The monoisotopic (exact) mass is 424 g/mol. The third-order valence-corrected chi connectivity index (χ3v) is 41.7. The molecule has 0 amide bonds. The fourth-order valence-corrected chi connectivity index (χ4v) is 51.9. The molecule has 152 valence electrons. The molecule has 0 aromatic heterocycles. The number of methoxy groups -OCH3 is 1. The first kappa shape index (κ1) is 22.6. The summed E-state index contributed by atoms with van der Waals surface area (Å²) in [6.07, 6.45) is 0. The Balaban J connectivity index is 2.89. The summed E-state index contributed by atoms with van der Waals surface area (Å²) in [7, 11) is -6.23. The third-order valence-electron chi connectivity index (χ3n) is 6.70. The molecule has 0 bridgehead atoms. The van der Waals surface area contributed by atoms with E-state index in [1.165, 1.54) is 7.11 Å². The van der Waals surface area contributed by atoms with Gasteiger partial charge in [0.25, 0.3) is 0 Å². The molecule has 0 N–H and O–H groups in total. The van der Waals surface area contributed by atoms with Crippen LogP contribution in [0.4, 0.5) is 4.11 Å². The standard InChI is InChI=1S/C21H37FO2Si3/c1-20(2,3)21(27(22,25(5,6)7)26(8,9)10)17(18(21)19(23)24-4)16-14-12-11-13-15-16/h11-15,17-18H,1-10H3/t17-,18+,21+/m0/s1. The van der Waals surface area contributed by atoms with Gasteiger partial charge in [-0.2, -0.15) is 0 Å². The van der Waals surface area contributed by atoms with Crippen molar-refractivity contribution in [2.45, 2.75) is 71.0 Å². The van der Waals surface area contributed by atoms with Gasteiger partial charge < -0.3 is 8.84 Å². The van der Waals surface area contributed by atoms with Crippen molar-refractivity contribution in [3.63, 3.8) is 0 Å². The Labute approximate surface area is 167 Å². The van der Waals surface area contributed by atoms with Gasteiger partial charge in [-0.25, -0.2) is 0 Å². The fraction of sp³-hybridized carbons (Fsp3) is 0.667. The quantitative estimate of drug-likeness (QED) is 0.324. The maximum absolute atomic E-state index is 17.9. The zero-order valence-corrected chi connectivity index (χ0v) is 21.7. The van der Waals surface area contributed by atoms with E-state index in [-0.39, 0.29) is 23.2 Å². The first-order valence-corrected chi connectivity index (χ1v) is 20.8. The van der Waals surface area contributed by atoms with Crippen molar-refractivity contribution >= 4 is 28.6 Å². The second-order valence-electron chi connectivity index (χ2n) is 11.2. The first-order valence-electron chi connectivity index (χ1n) is 9.90. The molecule has 6 heteroatoms. The Hall–Kier alpha value is -0.729. The maximum atomic E-state index is 17.9. The predicted octanol–water partition coefficient (Wildman–Crippen LogP) is 6.11. The van der Waals surface area contributed by atoms with Crippen molar-refractivity contribution in [3.8, 4) is 0 Å². The van der Waals surface area contributed by atoms with Crippen molar-refractivity contribution in [2.24, 2.45) is 11.3 Å². The molecule has 27 heavy (non-hydrogen) atoms. The van der Waals surface area contributed by atoms with Crippen molar-refractivity contribution in [3.05, 3.63) is 35.9 Å². The second kappa shape index (κ2) is 6.66. The van der Waals surface area contributed by atoms with Crippen LogP contribution in [0.25, 0.3) is 0 Å². The molecule has 0 spiro atoms. The van der Waals surface area contributed by atoms with E-state index in [1.54, 1.807) is 0 Å². The van der Waals surface area contributed by atoms with Gasteiger partial charge in [-0.15, -0.1) is 0 Å². The van der Waals surface area contributed by atoms with Gasteiger partial charge in [0.2, 0.25) is 7.44 Å². The average Bonchev–Trinajstić information content (AvgIpc) is 3.23. The van der Waals surface area contributed by atoms with E-state index in [9.17, 15) is 4.79 Å². The number of halogens is 1. The van der Waals surface area contributed by atoms with Gasteiger partial charge in [0.1, 0.15) is 0 Å². The van der Waals surface area contributed by atoms with Gasteiger partial charge in [-0.05, 0) is 11.0 Å². The lowest BCUT2D eigenvalue weighted by molar-refractivity contribution is -0.142. The molecule has 2 rings (SSSR count). The van der Waals surface area contributed by atoms with Crippen LogP contribution in [0, 0.1) is 11.3 Å². The molecular weight excluding hydrogens is 387 g/mol. The number of rotatable bonds is 5. The highest BCUT2D eigenvalue weighted by Crippen LogP contribution is 2.84. The minimum atomic E-state index is -3.32. The van der Waals surface area contributed by atoms with Crippen LogP contribution in [0.5, 0.6) is 0 Å². The zero-order chi connectivity index (χ0) is 21.1. The number of carbonyl (C=O) groups is 1. The molecule has 2 nitrogen and oxygen atoms in total. The number of benzene rings is 1. The van der Waals surface area contributed by atoms with Crippen LogP contribution in [0.1, 0.15) is 32.3 Å². The molecule has 1 aromatic rings. The maximum Gasteiger partial charge on any atom is 0.309 e. The lowest BCUT2D eigenvalue weighted by atomic mass is 9.86. The van der Waals surface area contributed by atoms with E-state index < -0.39 is 27.7 Å². The molecule has 0 radical (unpaired) electrons. The number of hydrogen-bond acceptors (Lipinski definition) is 2. The molecule has 1 aromatic carbocycles. The van der Waals surface area contributed by atoms with E-state index in [4.69, 9.17) is 4.74 Å². The van der Waals surface area contributed by atoms with E-state index >= 15 is 4.11 Å².